The van der Waals surface area contributed by atoms with Gasteiger partial charge in [0.05, 0.1) is 25.4 Å². The number of hydrogen-bond acceptors (Lipinski definition) is 5. The molecule has 6 heteroatoms. The monoisotopic (exact) mass is 523 g/mol. The summed E-state index contributed by atoms with van der Waals surface area (Å²) in [6.45, 7) is 2.13. The molecular formula is C33H37N3O3. The largest absolute Gasteiger partial charge is 0.489 e. The first-order valence-electron chi connectivity index (χ1n) is 14.1. The van der Waals surface area contributed by atoms with Gasteiger partial charge in [-0.05, 0) is 85.4 Å². The van der Waals surface area contributed by atoms with Crippen LogP contribution < -0.4 is 4.74 Å². The molecule has 4 aromatic rings. The smallest absolute Gasteiger partial charge is 0.120 e. The van der Waals surface area contributed by atoms with Crippen molar-refractivity contribution in [2.24, 2.45) is 5.92 Å². The van der Waals surface area contributed by atoms with Crippen LogP contribution in [-0.2, 0) is 36.1 Å². The molecule has 6 rings (SSSR count). The Hall–Kier alpha value is -3.48. The fourth-order valence-corrected chi connectivity index (χ4v) is 6.75. The highest BCUT2D eigenvalue weighted by Gasteiger charge is 2.51. The first-order chi connectivity index (χ1) is 19.1. The summed E-state index contributed by atoms with van der Waals surface area (Å²) < 4.78 is 14.0. The van der Waals surface area contributed by atoms with Crippen molar-refractivity contribution in [2.75, 3.05) is 13.2 Å². The van der Waals surface area contributed by atoms with Gasteiger partial charge >= 0.3 is 0 Å². The Labute approximate surface area is 230 Å². The molecule has 6 nitrogen and oxygen atoms in total. The van der Waals surface area contributed by atoms with E-state index >= 15 is 0 Å². The number of nitrogens with zero attached hydrogens (tertiary/aromatic N) is 3. The molecular weight excluding hydrogens is 486 g/mol. The predicted molar refractivity (Wildman–Crippen MR) is 150 cm³/mol. The topological polar surface area (TPSA) is 69.4 Å². The molecule has 0 radical (unpaired) electrons. The normalized spacial score (nSPS) is 24.1. The fraction of sp³-hybridized carbons (Fsp3) is 0.394. The van der Waals surface area contributed by atoms with Crippen molar-refractivity contribution in [1.29, 1.82) is 0 Å². The molecule has 2 aliphatic carbocycles. The molecule has 39 heavy (non-hydrogen) atoms. The Balaban J connectivity index is 1.20. The second-order valence-electron chi connectivity index (χ2n) is 11.3. The van der Waals surface area contributed by atoms with Gasteiger partial charge in [0.25, 0.3) is 0 Å². The summed E-state index contributed by atoms with van der Waals surface area (Å²) in [5.41, 5.74) is 4.43. The van der Waals surface area contributed by atoms with Crippen LogP contribution in [-0.4, -0.2) is 38.7 Å². The zero-order valence-electron chi connectivity index (χ0n) is 22.4. The van der Waals surface area contributed by atoms with E-state index in [0.29, 0.717) is 32.3 Å². The van der Waals surface area contributed by atoms with Gasteiger partial charge in [0.2, 0.25) is 0 Å². The van der Waals surface area contributed by atoms with E-state index in [1.54, 1.807) is 12.4 Å². The average Bonchev–Trinajstić information content (AvgIpc) is 3.49. The van der Waals surface area contributed by atoms with Crippen LogP contribution in [0.5, 0.6) is 5.75 Å². The number of pyridine rings is 1. The highest BCUT2D eigenvalue weighted by atomic mass is 16.5. The molecule has 0 unspecified atom stereocenters. The average molecular weight is 524 g/mol. The Morgan fingerprint density at radius 1 is 0.974 bits per heavy atom. The second-order valence-corrected chi connectivity index (χ2v) is 11.3. The summed E-state index contributed by atoms with van der Waals surface area (Å²) in [5, 5.41) is 15.9. The van der Waals surface area contributed by atoms with E-state index in [1.165, 1.54) is 16.7 Å². The van der Waals surface area contributed by atoms with E-state index in [-0.39, 0.29) is 5.41 Å². The van der Waals surface area contributed by atoms with Gasteiger partial charge in [0, 0.05) is 35.8 Å². The van der Waals surface area contributed by atoms with Crippen LogP contribution in [0.15, 0.2) is 91.5 Å². The molecule has 0 spiro atoms. The Morgan fingerprint density at radius 3 is 2.69 bits per heavy atom. The van der Waals surface area contributed by atoms with Crippen molar-refractivity contribution in [3.8, 4) is 5.75 Å². The highest BCUT2D eigenvalue weighted by Crippen LogP contribution is 2.54. The van der Waals surface area contributed by atoms with Crippen molar-refractivity contribution in [3.63, 3.8) is 0 Å². The van der Waals surface area contributed by atoms with Gasteiger partial charge in [-0.2, -0.15) is 5.10 Å². The van der Waals surface area contributed by atoms with E-state index in [4.69, 9.17) is 9.47 Å². The summed E-state index contributed by atoms with van der Waals surface area (Å²) in [6.07, 6.45) is 12.8. The third kappa shape index (κ3) is 5.77. The van der Waals surface area contributed by atoms with Crippen molar-refractivity contribution in [2.45, 2.75) is 62.7 Å². The molecule has 2 aromatic carbocycles. The molecule has 202 valence electrons. The quantitative estimate of drug-likeness (QED) is 0.277. The van der Waals surface area contributed by atoms with Crippen molar-refractivity contribution < 1.29 is 14.6 Å². The lowest BCUT2D eigenvalue weighted by Crippen LogP contribution is -2.53. The number of fused-ring (bicyclic) bond motifs is 3. The summed E-state index contributed by atoms with van der Waals surface area (Å²) >= 11 is 0. The summed E-state index contributed by atoms with van der Waals surface area (Å²) in [7, 11) is 0. The fourth-order valence-electron chi connectivity index (χ4n) is 6.75. The minimum absolute atomic E-state index is 0.00188. The van der Waals surface area contributed by atoms with Crippen LogP contribution in [0, 0.1) is 5.92 Å². The van der Waals surface area contributed by atoms with Gasteiger partial charge in [-0.15, -0.1) is 0 Å². The van der Waals surface area contributed by atoms with Crippen molar-refractivity contribution >= 4 is 0 Å². The molecule has 0 aliphatic heterocycles. The van der Waals surface area contributed by atoms with Gasteiger partial charge in [-0.3, -0.25) is 9.67 Å². The van der Waals surface area contributed by atoms with Crippen LogP contribution in [0.25, 0.3) is 0 Å². The summed E-state index contributed by atoms with van der Waals surface area (Å²) in [5.74, 6) is 1.30. The van der Waals surface area contributed by atoms with Gasteiger partial charge < -0.3 is 14.6 Å². The van der Waals surface area contributed by atoms with Gasteiger partial charge in [0.1, 0.15) is 12.4 Å². The van der Waals surface area contributed by atoms with E-state index in [2.05, 4.69) is 58.6 Å². The van der Waals surface area contributed by atoms with Crippen LogP contribution in [0.4, 0.5) is 0 Å². The molecule has 1 N–H and O–H groups in total. The minimum Gasteiger partial charge on any atom is -0.489 e. The zero-order valence-corrected chi connectivity index (χ0v) is 22.4. The zero-order chi connectivity index (χ0) is 26.5. The first-order valence-corrected chi connectivity index (χ1v) is 14.1. The van der Waals surface area contributed by atoms with E-state index in [0.717, 1.165) is 49.8 Å². The molecule has 3 atom stereocenters. The number of benzene rings is 2. The van der Waals surface area contributed by atoms with E-state index < -0.39 is 5.60 Å². The van der Waals surface area contributed by atoms with Crippen LogP contribution >= 0.6 is 0 Å². The molecule has 2 aliphatic rings. The Kier molecular flexibility index (Phi) is 7.49. The number of hydrogen-bond donors (Lipinski definition) is 1. The predicted octanol–water partition coefficient (Wildman–Crippen LogP) is 5.53. The van der Waals surface area contributed by atoms with E-state index in [1.807, 2.05) is 35.3 Å². The van der Waals surface area contributed by atoms with Gasteiger partial charge in [-0.1, -0.05) is 42.5 Å². The summed E-state index contributed by atoms with van der Waals surface area (Å²) in [6, 6.07) is 23.4. The lowest BCUT2D eigenvalue weighted by Gasteiger charge is -2.53. The van der Waals surface area contributed by atoms with Crippen molar-refractivity contribution in [3.05, 3.63) is 114 Å². The number of ether oxygens (including phenoxy) is 2. The maximum atomic E-state index is 11.6. The minimum atomic E-state index is -0.792. The molecule has 2 aromatic heterocycles. The molecule has 0 amide bonds. The number of aliphatic hydroxyl groups is 1. The molecule has 0 bridgehead atoms. The van der Waals surface area contributed by atoms with Gasteiger partial charge in [0.15, 0.2) is 0 Å². The second kappa shape index (κ2) is 11.3. The van der Waals surface area contributed by atoms with Gasteiger partial charge in [-0.25, -0.2) is 0 Å². The Morgan fingerprint density at radius 2 is 1.87 bits per heavy atom. The van der Waals surface area contributed by atoms with Crippen LogP contribution in [0.1, 0.15) is 47.9 Å². The number of aromatic nitrogens is 3. The Bertz CT molecular complexity index is 1350. The van der Waals surface area contributed by atoms with E-state index in [9.17, 15) is 5.11 Å². The first kappa shape index (κ1) is 25.8. The SMILES string of the molecule is O[C@]1(COCCn2cccn2)CC[C@@]2(Cc3ccccc3)c3ccc(OCc4cccnc4)cc3CC[C@@H]2C1. The third-order valence-corrected chi connectivity index (χ3v) is 8.70. The molecule has 0 saturated heterocycles. The maximum absolute atomic E-state index is 11.6. The lowest BCUT2D eigenvalue weighted by molar-refractivity contribution is -0.102. The van der Waals surface area contributed by atoms with Crippen LogP contribution in [0.3, 0.4) is 0 Å². The third-order valence-electron chi connectivity index (χ3n) is 8.70. The number of aryl methyl sites for hydroxylation is 1. The standard InChI is InChI=1S/C33H37N3O3/c37-32(25-38-19-18-36-17-5-16-35-36)13-14-33(21-26-6-2-1-3-7-26)29(22-32)10-9-28-20-30(11-12-31(28)33)39-24-27-8-4-15-34-23-27/h1-8,11-12,15-17,20,23,29,37H,9-10,13-14,18-19,21-22,24-25H2/t29-,32-,33+/m1/s1. The number of rotatable bonds is 10. The van der Waals surface area contributed by atoms with Crippen LogP contribution in [0.2, 0.25) is 0 Å². The maximum Gasteiger partial charge on any atom is 0.120 e. The molecule has 1 saturated carbocycles. The molecule has 2 heterocycles. The highest BCUT2D eigenvalue weighted by molar-refractivity contribution is 5.45. The summed E-state index contributed by atoms with van der Waals surface area (Å²) in [4.78, 5) is 4.19. The molecule has 1 fully saturated rings. The lowest BCUT2D eigenvalue weighted by atomic mass is 9.52. The van der Waals surface area contributed by atoms with Crippen molar-refractivity contribution in [1.82, 2.24) is 14.8 Å².